The van der Waals surface area contributed by atoms with Gasteiger partial charge >= 0.3 is 0 Å². The zero-order valence-electron chi connectivity index (χ0n) is 12.0. The average molecular weight is 340 g/mol. The molecule has 0 radical (unpaired) electrons. The SMILES string of the molecule is CCCCn1ncc(NCC2(C3CC3)CC2)c(Br)c1=O. The summed E-state index contributed by atoms with van der Waals surface area (Å²) in [5.41, 5.74) is 1.34. The number of nitrogens with zero attached hydrogens (tertiary/aromatic N) is 2. The van der Waals surface area contributed by atoms with Gasteiger partial charge in [0.1, 0.15) is 4.47 Å². The summed E-state index contributed by atoms with van der Waals surface area (Å²) in [5, 5.41) is 7.71. The van der Waals surface area contributed by atoms with Crippen molar-refractivity contribution >= 4 is 21.6 Å². The van der Waals surface area contributed by atoms with Gasteiger partial charge in [0.25, 0.3) is 5.56 Å². The van der Waals surface area contributed by atoms with Crippen molar-refractivity contribution in [3.05, 3.63) is 21.0 Å². The van der Waals surface area contributed by atoms with E-state index in [1.54, 1.807) is 10.9 Å². The summed E-state index contributed by atoms with van der Waals surface area (Å²) in [7, 11) is 0. The Labute approximate surface area is 128 Å². The summed E-state index contributed by atoms with van der Waals surface area (Å²) in [4.78, 5) is 12.2. The second-order valence-electron chi connectivity index (χ2n) is 6.24. The molecule has 5 heteroatoms. The van der Waals surface area contributed by atoms with Gasteiger partial charge in [-0.15, -0.1) is 0 Å². The van der Waals surface area contributed by atoms with Crippen molar-refractivity contribution in [1.82, 2.24) is 9.78 Å². The van der Waals surface area contributed by atoms with Gasteiger partial charge in [0.05, 0.1) is 11.9 Å². The highest BCUT2D eigenvalue weighted by molar-refractivity contribution is 9.10. The Morgan fingerprint density at radius 1 is 1.50 bits per heavy atom. The number of aromatic nitrogens is 2. The fraction of sp³-hybridized carbons (Fsp3) is 0.733. The van der Waals surface area contributed by atoms with Crippen molar-refractivity contribution in [1.29, 1.82) is 0 Å². The van der Waals surface area contributed by atoms with E-state index in [9.17, 15) is 4.79 Å². The minimum Gasteiger partial charge on any atom is -0.382 e. The van der Waals surface area contributed by atoms with Gasteiger partial charge in [-0.2, -0.15) is 5.10 Å². The standard InChI is InChI=1S/C15H22BrN3O/c1-2-3-8-19-14(20)13(16)12(9-18-19)17-10-15(6-7-15)11-4-5-11/h9,11,17H,2-8,10H2,1H3. The Morgan fingerprint density at radius 2 is 2.25 bits per heavy atom. The molecule has 0 amide bonds. The van der Waals surface area contributed by atoms with Crippen molar-refractivity contribution in [2.45, 2.75) is 52.0 Å². The summed E-state index contributed by atoms with van der Waals surface area (Å²) >= 11 is 3.43. The summed E-state index contributed by atoms with van der Waals surface area (Å²) < 4.78 is 2.17. The number of halogens is 1. The number of unbranched alkanes of at least 4 members (excludes halogenated alkanes) is 1. The summed E-state index contributed by atoms with van der Waals surface area (Å²) in [6.45, 7) is 3.79. The number of hydrogen-bond acceptors (Lipinski definition) is 3. The summed E-state index contributed by atoms with van der Waals surface area (Å²) in [6, 6.07) is 0. The lowest BCUT2D eigenvalue weighted by atomic mass is 10.0. The Morgan fingerprint density at radius 3 is 2.85 bits per heavy atom. The van der Waals surface area contributed by atoms with Crippen LogP contribution in [-0.4, -0.2) is 16.3 Å². The highest BCUT2D eigenvalue weighted by Crippen LogP contribution is 2.61. The van der Waals surface area contributed by atoms with E-state index >= 15 is 0 Å². The third-order valence-corrected chi connectivity index (χ3v) is 5.44. The van der Waals surface area contributed by atoms with E-state index in [4.69, 9.17) is 0 Å². The van der Waals surface area contributed by atoms with Crippen LogP contribution < -0.4 is 10.9 Å². The number of anilines is 1. The van der Waals surface area contributed by atoms with Gasteiger partial charge in [-0.1, -0.05) is 13.3 Å². The minimum absolute atomic E-state index is 0.0280. The maximum absolute atomic E-state index is 12.2. The molecule has 1 heterocycles. The molecule has 3 rings (SSSR count). The Kier molecular flexibility index (Phi) is 3.89. The maximum atomic E-state index is 12.2. The molecule has 2 aliphatic carbocycles. The molecule has 0 spiro atoms. The molecule has 0 unspecified atom stereocenters. The third-order valence-electron chi connectivity index (χ3n) is 4.67. The van der Waals surface area contributed by atoms with Crippen LogP contribution in [0.2, 0.25) is 0 Å². The predicted molar refractivity (Wildman–Crippen MR) is 84.0 cm³/mol. The van der Waals surface area contributed by atoms with E-state index in [2.05, 4.69) is 33.3 Å². The fourth-order valence-corrected chi connectivity index (χ4v) is 3.36. The molecule has 0 aromatic carbocycles. The van der Waals surface area contributed by atoms with Crippen molar-refractivity contribution in [2.75, 3.05) is 11.9 Å². The molecule has 0 atom stereocenters. The molecule has 1 N–H and O–H groups in total. The Bertz CT molecular complexity index is 547. The van der Waals surface area contributed by atoms with Crippen LogP contribution in [0.15, 0.2) is 15.5 Å². The molecule has 0 saturated heterocycles. The second kappa shape index (κ2) is 5.51. The molecule has 0 bridgehead atoms. The summed E-state index contributed by atoms with van der Waals surface area (Å²) in [5.74, 6) is 0.923. The first-order valence-electron chi connectivity index (χ1n) is 7.66. The van der Waals surface area contributed by atoms with E-state index in [1.165, 1.54) is 25.7 Å². The van der Waals surface area contributed by atoms with Crippen LogP contribution in [0.3, 0.4) is 0 Å². The normalized spacial score (nSPS) is 19.9. The minimum atomic E-state index is -0.0280. The first kappa shape index (κ1) is 14.1. The van der Waals surface area contributed by atoms with E-state index in [-0.39, 0.29) is 5.56 Å². The highest BCUT2D eigenvalue weighted by atomic mass is 79.9. The molecule has 20 heavy (non-hydrogen) atoms. The molecular weight excluding hydrogens is 318 g/mol. The van der Waals surface area contributed by atoms with Crippen LogP contribution in [0.5, 0.6) is 0 Å². The van der Waals surface area contributed by atoms with Crippen molar-refractivity contribution < 1.29 is 0 Å². The van der Waals surface area contributed by atoms with Gasteiger partial charge in [-0.05, 0) is 59.4 Å². The average Bonchev–Trinajstić information content (AvgIpc) is 3.31. The molecule has 1 aromatic heterocycles. The van der Waals surface area contributed by atoms with Crippen LogP contribution in [-0.2, 0) is 6.54 Å². The summed E-state index contributed by atoms with van der Waals surface area (Å²) in [6.07, 6.45) is 9.28. The van der Waals surface area contributed by atoms with Crippen LogP contribution in [0, 0.1) is 11.3 Å². The van der Waals surface area contributed by atoms with Gasteiger partial charge in [0.15, 0.2) is 0 Å². The molecule has 0 aliphatic heterocycles. The Balaban J connectivity index is 1.67. The van der Waals surface area contributed by atoms with E-state index < -0.39 is 0 Å². The highest BCUT2D eigenvalue weighted by Gasteiger charge is 2.53. The zero-order chi connectivity index (χ0) is 14.2. The molecule has 2 saturated carbocycles. The van der Waals surface area contributed by atoms with Crippen LogP contribution in [0.1, 0.15) is 45.4 Å². The van der Waals surface area contributed by atoms with E-state index in [0.717, 1.165) is 31.0 Å². The predicted octanol–water partition coefficient (Wildman–Crippen LogP) is 3.41. The monoisotopic (exact) mass is 339 g/mol. The van der Waals surface area contributed by atoms with Crippen LogP contribution in [0.4, 0.5) is 5.69 Å². The van der Waals surface area contributed by atoms with Crippen molar-refractivity contribution in [2.24, 2.45) is 11.3 Å². The topological polar surface area (TPSA) is 46.9 Å². The molecule has 4 nitrogen and oxygen atoms in total. The van der Waals surface area contributed by atoms with Crippen molar-refractivity contribution in [3.8, 4) is 0 Å². The zero-order valence-corrected chi connectivity index (χ0v) is 13.6. The van der Waals surface area contributed by atoms with Gasteiger partial charge < -0.3 is 5.32 Å². The third kappa shape index (κ3) is 2.78. The fourth-order valence-electron chi connectivity index (χ4n) is 2.91. The molecule has 2 fully saturated rings. The molecular formula is C15H22BrN3O. The van der Waals surface area contributed by atoms with Gasteiger partial charge in [0.2, 0.25) is 0 Å². The lowest BCUT2D eigenvalue weighted by molar-refractivity contribution is 0.466. The number of aryl methyl sites for hydroxylation is 1. The van der Waals surface area contributed by atoms with Crippen LogP contribution in [0.25, 0.3) is 0 Å². The second-order valence-corrected chi connectivity index (χ2v) is 7.04. The first-order valence-corrected chi connectivity index (χ1v) is 8.45. The number of nitrogens with one attached hydrogen (secondary N) is 1. The lowest BCUT2D eigenvalue weighted by Crippen LogP contribution is -2.26. The molecule has 2 aliphatic rings. The smallest absolute Gasteiger partial charge is 0.283 e. The van der Waals surface area contributed by atoms with Crippen molar-refractivity contribution in [3.63, 3.8) is 0 Å². The van der Waals surface area contributed by atoms with Gasteiger partial charge in [-0.3, -0.25) is 4.79 Å². The van der Waals surface area contributed by atoms with Gasteiger partial charge in [0, 0.05) is 13.1 Å². The quantitative estimate of drug-likeness (QED) is 0.827. The molecule has 1 aromatic rings. The Hall–Kier alpha value is -0.840. The number of rotatable bonds is 7. The van der Waals surface area contributed by atoms with E-state index in [0.29, 0.717) is 16.4 Å². The first-order chi connectivity index (χ1) is 9.66. The lowest BCUT2D eigenvalue weighted by Gasteiger charge is -2.17. The largest absolute Gasteiger partial charge is 0.382 e. The van der Waals surface area contributed by atoms with E-state index in [1.807, 2.05) is 0 Å². The number of hydrogen-bond donors (Lipinski definition) is 1. The maximum Gasteiger partial charge on any atom is 0.283 e. The molecule has 110 valence electrons. The van der Waals surface area contributed by atoms with Crippen LogP contribution >= 0.6 is 15.9 Å². The van der Waals surface area contributed by atoms with Gasteiger partial charge in [-0.25, -0.2) is 4.68 Å².